The van der Waals surface area contributed by atoms with E-state index < -0.39 is 4.92 Å². The highest BCUT2D eigenvalue weighted by atomic mass is 16.6. The largest absolute Gasteiger partial charge is 0.339 e. The van der Waals surface area contributed by atoms with Crippen LogP contribution in [0.4, 0.5) is 5.69 Å². The van der Waals surface area contributed by atoms with Crippen molar-refractivity contribution in [2.45, 2.75) is 19.4 Å². The molecule has 8 heteroatoms. The predicted molar refractivity (Wildman–Crippen MR) is 99.3 cm³/mol. The number of benzene rings is 2. The Kier molecular flexibility index (Phi) is 5.25. The number of nitro benzene ring substituents is 1. The van der Waals surface area contributed by atoms with E-state index in [1.165, 1.54) is 12.4 Å². The monoisotopic (exact) mass is 365 g/mol. The van der Waals surface area contributed by atoms with E-state index >= 15 is 0 Å². The lowest BCUT2D eigenvalue weighted by atomic mass is 10.0. The van der Waals surface area contributed by atoms with Gasteiger partial charge in [0.05, 0.1) is 23.1 Å². The molecule has 0 unspecified atom stereocenters. The zero-order valence-electron chi connectivity index (χ0n) is 15.0. The lowest BCUT2D eigenvalue weighted by Gasteiger charge is -2.25. The molecule has 0 N–H and O–H groups in total. The molecule has 1 amide bonds. The summed E-state index contributed by atoms with van der Waals surface area (Å²) in [6.07, 6.45) is 3.06. The molecule has 2 aromatic carbocycles. The second-order valence-electron chi connectivity index (χ2n) is 6.17. The number of amides is 1. The van der Waals surface area contributed by atoms with Gasteiger partial charge in [-0.05, 0) is 24.6 Å². The molecule has 8 nitrogen and oxygen atoms in total. The smallest absolute Gasteiger partial charge is 0.273 e. The Balaban J connectivity index is 1.72. The van der Waals surface area contributed by atoms with Crippen LogP contribution in [0.15, 0.2) is 61.2 Å². The van der Waals surface area contributed by atoms with Crippen LogP contribution in [0, 0.1) is 10.1 Å². The first-order chi connectivity index (χ1) is 13.0. The highest BCUT2D eigenvalue weighted by Gasteiger charge is 2.21. The Morgan fingerprint density at radius 1 is 1.22 bits per heavy atom. The van der Waals surface area contributed by atoms with Crippen LogP contribution in [0.25, 0.3) is 5.69 Å². The minimum Gasteiger partial charge on any atom is -0.339 e. The molecule has 27 heavy (non-hydrogen) atoms. The number of hydrogen-bond donors (Lipinski definition) is 0. The molecule has 0 fully saturated rings. The maximum Gasteiger partial charge on any atom is 0.273 e. The fraction of sp³-hybridized carbons (Fsp3) is 0.211. The van der Waals surface area contributed by atoms with Crippen molar-refractivity contribution in [3.63, 3.8) is 0 Å². The summed E-state index contributed by atoms with van der Waals surface area (Å²) in [6, 6.07) is 13.8. The summed E-state index contributed by atoms with van der Waals surface area (Å²) in [7, 11) is 1.70. The first kappa shape index (κ1) is 18.2. The van der Waals surface area contributed by atoms with Crippen molar-refractivity contribution in [2.24, 2.45) is 0 Å². The summed E-state index contributed by atoms with van der Waals surface area (Å²) in [6.45, 7) is 1.92. The number of likely N-dealkylation sites (N-methyl/N-ethyl adjacent to an activating group) is 1. The summed E-state index contributed by atoms with van der Waals surface area (Å²) in [5, 5.41) is 15.2. The summed E-state index contributed by atoms with van der Waals surface area (Å²) in [4.78, 5) is 28.8. The second kappa shape index (κ2) is 7.77. The maximum atomic E-state index is 12.6. The molecule has 0 aliphatic carbocycles. The van der Waals surface area contributed by atoms with Gasteiger partial charge in [0.2, 0.25) is 5.91 Å². The normalized spacial score (nSPS) is 11.8. The van der Waals surface area contributed by atoms with Gasteiger partial charge in [0.1, 0.15) is 12.7 Å². The van der Waals surface area contributed by atoms with Crippen molar-refractivity contribution in [3.8, 4) is 5.69 Å². The number of hydrogen-bond acceptors (Lipinski definition) is 5. The summed E-state index contributed by atoms with van der Waals surface area (Å²) in [5.74, 6) is -0.183. The van der Waals surface area contributed by atoms with Gasteiger partial charge in [0.15, 0.2) is 0 Å². The summed E-state index contributed by atoms with van der Waals surface area (Å²) >= 11 is 0. The van der Waals surface area contributed by atoms with Crippen molar-refractivity contribution in [1.82, 2.24) is 19.7 Å². The van der Waals surface area contributed by atoms with E-state index in [1.54, 1.807) is 41.2 Å². The third kappa shape index (κ3) is 4.00. The third-order valence-corrected chi connectivity index (χ3v) is 4.56. The third-order valence-electron chi connectivity index (χ3n) is 4.56. The van der Waals surface area contributed by atoms with E-state index in [9.17, 15) is 14.9 Å². The highest BCUT2D eigenvalue weighted by molar-refractivity contribution is 5.80. The number of nitrogens with zero attached hydrogens (tertiary/aromatic N) is 5. The van der Waals surface area contributed by atoms with Crippen molar-refractivity contribution in [2.75, 3.05) is 7.05 Å². The number of rotatable bonds is 6. The molecule has 3 rings (SSSR count). The number of nitro groups is 1. The molecule has 138 valence electrons. The Morgan fingerprint density at radius 3 is 2.56 bits per heavy atom. The quantitative estimate of drug-likeness (QED) is 0.494. The lowest BCUT2D eigenvalue weighted by molar-refractivity contribution is -0.385. The molecule has 0 radical (unpaired) electrons. The molecular weight excluding hydrogens is 346 g/mol. The zero-order chi connectivity index (χ0) is 19.4. The molecule has 1 atom stereocenters. The highest BCUT2D eigenvalue weighted by Crippen LogP contribution is 2.23. The van der Waals surface area contributed by atoms with E-state index in [0.29, 0.717) is 5.56 Å². The number of para-hydroxylation sites is 1. The molecule has 0 aliphatic rings. The molecule has 0 aliphatic heterocycles. The van der Waals surface area contributed by atoms with Crippen LogP contribution in [0.5, 0.6) is 0 Å². The second-order valence-corrected chi connectivity index (χ2v) is 6.17. The maximum absolute atomic E-state index is 12.6. The Bertz CT molecular complexity index is 938. The fourth-order valence-electron chi connectivity index (χ4n) is 2.81. The predicted octanol–water partition coefficient (Wildman–Crippen LogP) is 2.94. The van der Waals surface area contributed by atoms with E-state index in [-0.39, 0.29) is 24.1 Å². The van der Waals surface area contributed by atoms with E-state index in [1.807, 2.05) is 31.2 Å². The van der Waals surface area contributed by atoms with Crippen molar-refractivity contribution >= 4 is 11.6 Å². The average molecular weight is 365 g/mol. The van der Waals surface area contributed by atoms with Crippen LogP contribution in [0.2, 0.25) is 0 Å². The molecule has 0 saturated carbocycles. The standard InChI is InChI=1S/C19H19N5O3/c1-14(15-7-9-17(10-8-15)23-13-20-12-21-23)22(2)19(25)11-16-5-3-4-6-18(16)24(26)27/h3-10,12-14H,11H2,1-2H3/t14-/m0/s1. The van der Waals surface area contributed by atoms with Gasteiger partial charge in [0, 0.05) is 18.7 Å². The Hall–Kier alpha value is -3.55. The van der Waals surface area contributed by atoms with Crippen molar-refractivity contribution in [1.29, 1.82) is 0 Å². The number of aromatic nitrogens is 3. The van der Waals surface area contributed by atoms with Gasteiger partial charge in [-0.15, -0.1) is 0 Å². The van der Waals surface area contributed by atoms with Gasteiger partial charge in [-0.2, -0.15) is 5.10 Å². The van der Waals surface area contributed by atoms with Crippen LogP contribution in [0.1, 0.15) is 24.1 Å². The van der Waals surface area contributed by atoms with Crippen LogP contribution in [-0.4, -0.2) is 37.5 Å². The molecule has 1 aromatic heterocycles. The Morgan fingerprint density at radius 2 is 1.93 bits per heavy atom. The van der Waals surface area contributed by atoms with Crippen LogP contribution >= 0.6 is 0 Å². The topological polar surface area (TPSA) is 94.2 Å². The molecule has 1 heterocycles. The Labute approximate surface area is 156 Å². The zero-order valence-corrected chi connectivity index (χ0v) is 15.0. The van der Waals surface area contributed by atoms with E-state index in [4.69, 9.17) is 0 Å². The minimum absolute atomic E-state index is 0.0188. The molecule has 0 spiro atoms. The van der Waals surface area contributed by atoms with Crippen molar-refractivity contribution in [3.05, 3.63) is 82.4 Å². The summed E-state index contributed by atoms with van der Waals surface area (Å²) < 4.78 is 1.65. The SMILES string of the molecule is C[C@@H](c1ccc(-n2cncn2)cc1)N(C)C(=O)Cc1ccccc1[N+](=O)[O-]. The molecular formula is C19H19N5O3. The fourth-order valence-corrected chi connectivity index (χ4v) is 2.81. The molecule has 3 aromatic rings. The number of carbonyl (C=O) groups excluding carboxylic acids is 1. The van der Waals surface area contributed by atoms with Gasteiger partial charge >= 0.3 is 0 Å². The van der Waals surface area contributed by atoms with E-state index in [2.05, 4.69) is 10.1 Å². The van der Waals surface area contributed by atoms with Crippen molar-refractivity contribution < 1.29 is 9.72 Å². The number of carbonyl (C=O) groups is 1. The van der Waals surface area contributed by atoms with Gasteiger partial charge in [-0.25, -0.2) is 9.67 Å². The van der Waals surface area contributed by atoms with Gasteiger partial charge < -0.3 is 4.90 Å². The molecule has 0 saturated heterocycles. The van der Waals surface area contributed by atoms with Gasteiger partial charge in [-0.3, -0.25) is 14.9 Å². The lowest BCUT2D eigenvalue weighted by Crippen LogP contribution is -2.31. The van der Waals surface area contributed by atoms with Crippen LogP contribution < -0.4 is 0 Å². The first-order valence-electron chi connectivity index (χ1n) is 8.40. The van der Waals surface area contributed by atoms with Gasteiger partial charge in [0.25, 0.3) is 5.69 Å². The minimum atomic E-state index is -0.463. The van der Waals surface area contributed by atoms with Gasteiger partial charge in [-0.1, -0.05) is 30.3 Å². The summed E-state index contributed by atoms with van der Waals surface area (Å²) in [5.41, 5.74) is 2.20. The first-order valence-corrected chi connectivity index (χ1v) is 8.40. The van der Waals surface area contributed by atoms with Crippen LogP contribution in [-0.2, 0) is 11.2 Å². The molecule has 0 bridgehead atoms. The van der Waals surface area contributed by atoms with E-state index in [0.717, 1.165) is 11.3 Å². The average Bonchev–Trinajstić information content (AvgIpc) is 3.22. The van der Waals surface area contributed by atoms with Crippen LogP contribution in [0.3, 0.4) is 0 Å².